The van der Waals surface area contributed by atoms with Crippen molar-refractivity contribution < 1.29 is 19.0 Å². The fourth-order valence-corrected chi connectivity index (χ4v) is 2.27. The van der Waals surface area contributed by atoms with E-state index in [1.807, 2.05) is 12.2 Å². The Bertz CT molecular complexity index is 398. The lowest BCUT2D eigenvalue weighted by Crippen LogP contribution is -2.17. The van der Waals surface area contributed by atoms with Crippen LogP contribution in [0.5, 0.6) is 0 Å². The summed E-state index contributed by atoms with van der Waals surface area (Å²) >= 11 is 0. The van der Waals surface area contributed by atoms with Gasteiger partial charge in [0.2, 0.25) is 0 Å². The smallest absolute Gasteiger partial charge is 0.305 e. The van der Waals surface area contributed by atoms with Crippen LogP contribution in [-0.4, -0.2) is 32.1 Å². The van der Waals surface area contributed by atoms with E-state index in [9.17, 15) is 4.79 Å². The topological polar surface area (TPSA) is 44.8 Å². The number of esters is 1. The normalized spacial score (nSPS) is 21.8. The van der Waals surface area contributed by atoms with Gasteiger partial charge >= 0.3 is 5.97 Å². The van der Waals surface area contributed by atoms with E-state index in [1.165, 1.54) is 26.4 Å². The van der Waals surface area contributed by atoms with Gasteiger partial charge in [0.25, 0.3) is 0 Å². The maximum absolute atomic E-state index is 11.0. The summed E-state index contributed by atoms with van der Waals surface area (Å²) in [4.78, 5) is 11.0. The number of rotatable bonds is 11. The molecule has 1 rings (SSSR count). The first-order valence-electron chi connectivity index (χ1n) is 8.56. The summed E-state index contributed by atoms with van der Waals surface area (Å²) in [7, 11) is 1.40. The van der Waals surface area contributed by atoms with Gasteiger partial charge in [0.1, 0.15) is 19.0 Å². The summed E-state index contributed by atoms with van der Waals surface area (Å²) in [5.41, 5.74) is 0. The predicted octanol–water partition coefficient (Wildman–Crippen LogP) is 4.32. The molecule has 4 nitrogen and oxygen atoms in total. The van der Waals surface area contributed by atoms with Crippen molar-refractivity contribution in [1.82, 2.24) is 0 Å². The summed E-state index contributed by atoms with van der Waals surface area (Å²) in [5, 5.41) is 0. The monoisotopic (exact) mass is 322 g/mol. The molecular formula is C19H30O4. The molecule has 4 heteroatoms. The lowest BCUT2D eigenvalue weighted by molar-refractivity contribution is -0.140. The minimum atomic E-state index is -0.194. The van der Waals surface area contributed by atoms with Crippen molar-refractivity contribution in [2.75, 3.05) is 13.9 Å². The Kier molecular flexibility index (Phi) is 11.2. The first-order valence-corrected chi connectivity index (χ1v) is 8.56. The second-order valence-electron chi connectivity index (χ2n) is 5.55. The number of carbonyl (C=O) groups excluding carboxylic acids is 1. The number of methoxy groups -OCH3 is 1. The van der Waals surface area contributed by atoms with Gasteiger partial charge in [0, 0.05) is 6.42 Å². The molecule has 23 heavy (non-hydrogen) atoms. The Labute approximate surface area is 140 Å². The molecular weight excluding hydrogens is 292 g/mol. The van der Waals surface area contributed by atoms with Gasteiger partial charge in [0.15, 0.2) is 0 Å². The molecule has 0 aromatic carbocycles. The van der Waals surface area contributed by atoms with Gasteiger partial charge in [-0.15, -0.1) is 0 Å². The zero-order valence-corrected chi connectivity index (χ0v) is 14.4. The van der Waals surface area contributed by atoms with Gasteiger partial charge in [-0.25, -0.2) is 0 Å². The van der Waals surface area contributed by atoms with Crippen LogP contribution >= 0.6 is 0 Å². The lowest BCUT2D eigenvalue weighted by Gasteiger charge is -2.08. The van der Waals surface area contributed by atoms with Crippen LogP contribution in [0.2, 0.25) is 0 Å². The van der Waals surface area contributed by atoms with Crippen molar-refractivity contribution in [2.24, 2.45) is 0 Å². The van der Waals surface area contributed by atoms with Crippen LogP contribution < -0.4 is 0 Å². The summed E-state index contributed by atoms with van der Waals surface area (Å²) < 4.78 is 15.7. The third-order valence-electron chi connectivity index (χ3n) is 3.65. The van der Waals surface area contributed by atoms with E-state index in [0.717, 1.165) is 12.8 Å². The van der Waals surface area contributed by atoms with E-state index >= 15 is 0 Å². The minimum absolute atomic E-state index is 0.0436. The highest BCUT2D eigenvalue weighted by Gasteiger charge is 2.24. The highest BCUT2D eigenvalue weighted by molar-refractivity contribution is 5.69. The van der Waals surface area contributed by atoms with Gasteiger partial charge in [-0.3, -0.25) is 4.79 Å². The number of hydrogen-bond donors (Lipinski definition) is 0. The third-order valence-corrected chi connectivity index (χ3v) is 3.65. The van der Waals surface area contributed by atoms with Gasteiger partial charge < -0.3 is 14.2 Å². The maximum atomic E-state index is 11.0. The molecule has 0 aliphatic carbocycles. The Morgan fingerprint density at radius 2 is 1.78 bits per heavy atom. The molecule has 1 aliphatic rings. The van der Waals surface area contributed by atoms with Crippen LogP contribution in [0.25, 0.3) is 0 Å². The van der Waals surface area contributed by atoms with E-state index in [1.54, 1.807) is 0 Å². The number of ether oxygens (including phenoxy) is 3. The first-order chi connectivity index (χ1) is 11.3. The first kappa shape index (κ1) is 19.7. The standard InChI is InChI=1S/C19H30O4/c1-3-4-5-6-7-8-9-10-13-17-18(23-16-22-17)14-11-12-15-19(20)21-2/h7-8,10-11,13-14,17-18H,3-6,9,12,15-16H2,1-2H3/b8-7-,13-10-,14-11-/t17-,18-/m0/s1. The molecule has 0 amide bonds. The fourth-order valence-electron chi connectivity index (χ4n) is 2.27. The Morgan fingerprint density at radius 1 is 1.04 bits per heavy atom. The van der Waals surface area contributed by atoms with Crippen molar-refractivity contribution in [2.45, 2.75) is 64.1 Å². The zero-order chi connectivity index (χ0) is 16.8. The predicted molar refractivity (Wildman–Crippen MR) is 92.0 cm³/mol. The molecule has 0 radical (unpaired) electrons. The molecule has 0 spiro atoms. The van der Waals surface area contributed by atoms with Gasteiger partial charge in [0.05, 0.1) is 7.11 Å². The largest absolute Gasteiger partial charge is 0.469 e. The SMILES string of the molecule is CCCCC/C=C\C/C=C\[C@@H]1OCO[C@H]1/C=C\CCC(=O)OC. The van der Waals surface area contributed by atoms with Gasteiger partial charge in [-0.1, -0.05) is 56.2 Å². The van der Waals surface area contributed by atoms with Crippen LogP contribution in [0, 0.1) is 0 Å². The van der Waals surface area contributed by atoms with E-state index < -0.39 is 0 Å². The van der Waals surface area contributed by atoms with E-state index in [0.29, 0.717) is 19.6 Å². The Balaban J connectivity index is 2.22. The molecule has 130 valence electrons. The van der Waals surface area contributed by atoms with Crippen LogP contribution in [0.4, 0.5) is 0 Å². The van der Waals surface area contributed by atoms with E-state index in [2.05, 4.69) is 36.0 Å². The summed E-state index contributed by atoms with van der Waals surface area (Å²) in [6.45, 7) is 2.53. The van der Waals surface area contributed by atoms with E-state index in [-0.39, 0.29) is 18.2 Å². The molecule has 0 aromatic rings. The van der Waals surface area contributed by atoms with Crippen molar-refractivity contribution >= 4 is 5.97 Å². The molecule has 2 atom stereocenters. The fraction of sp³-hybridized carbons (Fsp3) is 0.632. The average molecular weight is 322 g/mol. The van der Waals surface area contributed by atoms with Crippen LogP contribution in [-0.2, 0) is 19.0 Å². The molecule has 1 saturated heterocycles. The van der Waals surface area contributed by atoms with Crippen molar-refractivity contribution in [3.63, 3.8) is 0 Å². The van der Waals surface area contributed by atoms with Crippen molar-refractivity contribution in [3.8, 4) is 0 Å². The number of allylic oxidation sites excluding steroid dienone is 4. The quantitative estimate of drug-likeness (QED) is 0.323. The van der Waals surface area contributed by atoms with Gasteiger partial charge in [-0.2, -0.15) is 0 Å². The van der Waals surface area contributed by atoms with Crippen molar-refractivity contribution in [3.05, 3.63) is 36.5 Å². The molecule has 1 fully saturated rings. The molecule has 0 saturated carbocycles. The molecule has 0 unspecified atom stereocenters. The summed E-state index contributed by atoms with van der Waals surface area (Å²) in [6, 6.07) is 0. The van der Waals surface area contributed by atoms with Crippen LogP contribution in [0.15, 0.2) is 36.5 Å². The minimum Gasteiger partial charge on any atom is -0.469 e. The Morgan fingerprint density at radius 3 is 2.48 bits per heavy atom. The second-order valence-corrected chi connectivity index (χ2v) is 5.55. The van der Waals surface area contributed by atoms with Crippen LogP contribution in [0.3, 0.4) is 0 Å². The maximum Gasteiger partial charge on any atom is 0.305 e. The molecule has 1 heterocycles. The highest BCUT2D eigenvalue weighted by atomic mass is 16.7. The van der Waals surface area contributed by atoms with Crippen LogP contribution in [0.1, 0.15) is 51.9 Å². The molecule has 1 aliphatic heterocycles. The highest BCUT2D eigenvalue weighted by Crippen LogP contribution is 2.16. The number of hydrogen-bond acceptors (Lipinski definition) is 4. The molecule has 0 bridgehead atoms. The number of unbranched alkanes of at least 4 members (excludes halogenated alkanes) is 3. The zero-order valence-electron chi connectivity index (χ0n) is 14.4. The lowest BCUT2D eigenvalue weighted by atomic mass is 10.1. The molecule has 0 N–H and O–H groups in total. The number of carbonyl (C=O) groups is 1. The second kappa shape index (κ2) is 13.1. The summed E-state index contributed by atoms with van der Waals surface area (Å²) in [6.07, 6.45) is 19.4. The average Bonchev–Trinajstić information content (AvgIpc) is 3.01. The van der Waals surface area contributed by atoms with Crippen molar-refractivity contribution in [1.29, 1.82) is 0 Å². The third kappa shape index (κ3) is 9.36. The van der Waals surface area contributed by atoms with Gasteiger partial charge in [-0.05, 0) is 25.7 Å². The molecule has 0 aromatic heterocycles. The van der Waals surface area contributed by atoms with E-state index in [4.69, 9.17) is 9.47 Å². The Hall–Kier alpha value is -1.39. The summed E-state index contributed by atoms with van der Waals surface area (Å²) in [5.74, 6) is -0.194.